The molecule has 72 heavy (non-hydrogen) atoms. The topological polar surface area (TPSA) is 273 Å². The van der Waals surface area contributed by atoms with Gasteiger partial charge in [-0.25, -0.2) is 31.5 Å². The van der Waals surface area contributed by atoms with Gasteiger partial charge in [-0.05, 0) is 208 Å². The first-order chi connectivity index (χ1) is 33.4. The fourth-order valence-electron chi connectivity index (χ4n) is 18.1. The highest BCUT2D eigenvalue weighted by Gasteiger charge is 2.65. The molecule has 0 spiro atoms. The molecule has 0 aromatic rings. The van der Waals surface area contributed by atoms with Gasteiger partial charge in [-0.2, -0.15) is 0 Å². The number of halogens is 2. The van der Waals surface area contributed by atoms with Crippen LogP contribution in [0.1, 0.15) is 170 Å². The van der Waals surface area contributed by atoms with Crippen molar-refractivity contribution in [2.75, 3.05) is 13.6 Å². The largest absolute Gasteiger partial charge is 0.472 e. The monoisotopic (exact) mass is 1090 g/mol. The van der Waals surface area contributed by atoms with Crippen LogP contribution in [-0.2, 0) is 46.3 Å². The van der Waals surface area contributed by atoms with Gasteiger partial charge in [-0.15, -0.1) is 0 Å². The van der Waals surface area contributed by atoms with Crippen molar-refractivity contribution in [2.45, 2.75) is 195 Å². The Morgan fingerprint density at radius 2 is 0.931 bits per heavy atom. The van der Waals surface area contributed by atoms with E-state index < -0.39 is 67.4 Å². The highest BCUT2D eigenvalue weighted by molar-refractivity contribution is 7.46. The highest BCUT2D eigenvalue weighted by Crippen LogP contribution is 2.71. The standard InChI is InChI=1S/C25H43FO10P2.C25H42FO7P/c1-15(4-7-22(27)34-14-35-37(28,29)30)18-5-6-19-23-20(9-11-25(18,19)3)24(2)10-8-17(36-38(31,32)33)12-16(24)13-21(23)26;1-15(4-7-22(28)32-14-33-34(29,30)31)18-5-6-19-23-20(9-11-25(18,19)3)24(2)10-8-17(27)12-16(24)13-21(23)26/h15-21,23H,4-14H2,1-3H3,(H2,28,29,30)(H2,31,32,33);15-21,23,27H,4-14H2,1-3H3,(H2,29,30,31). The molecule has 0 aromatic heterocycles. The number of ether oxygens (including phenoxy) is 2. The molecule has 8 aliphatic carbocycles. The van der Waals surface area contributed by atoms with E-state index in [2.05, 4.69) is 50.6 Å². The zero-order valence-electron chi connectivity index (χ0n) is 43.1. The summed E-state index contributed by atoms with van der Waals surface area (Å²) in [5, 5.41) is 10.2. The van der Waals surface area contributed by atoms with Crippen LogP contribution in [0, 0.1) is 92.7 Å². The molecule has 0 bridgehead atoms. The van der Waals surface area contributed by atoms with Gasteiger partial charge in [0.25, 0.3) is 0 Å². The fraction of sp³-hybridized carbons (Fsp3) is 0.960. The summed E-state index contributed by atoms with van der Waals surface area (Å²) >= 11 is 0. The highest BCUT2D eigenvalue weighted by atomic mass is 31.2. The van der Waals surface area contributed by atoms with Crippen LogP contribution in [0.25, 0.3) is 0 Å². The first kappa shape index (κ1) is 58.8. The van der Waals surface area contributed by atoms with Crippen molar-refractivity contribution in [3.05, 3.63) is 0 Å². The van der Waals surface area contributed by atoms with Crippen molar-refractivity contribution in [2.24, 2.45) is 92.7 Å². The Bertz CT molecular complexity index is 2060. The lowest BCUT2D eigenvalue weighted by Gasteiger charge is -2.62. The van der Waals surface area contributed by atoms with E-state index in [4.69, 9.17) is 33.6 Å². The van der Waals surface area contributed by atoms with Crippen LogP contribution in [-0.4, -0.2) is 84.5 Å². The molecule has 8 aliphatic rings. The molecule has 8 saturated carbocycles. The molecule has 0 amide bonds. The van der Waals surface area contributed by atoms with Gasteiger partial charge < -0.3 is 43.9 Å². The Morgan fingerprint density at radius 1 is 0.542 bits per heavy atom. The van der Waals surface area contributed by atoms with E-state index in [1.54, 1.807) is 0 Å². The second kappa shape index (κ2) is 22.4. The molecule has 7 N–H and O–H groups in total. The fourth-order valence-corrected chi connectivity index (χ4v) is 19.0. The average Bonchev–Trinajstić information content (AvgIpc) is 3.81. The summed E-state index contributed by atoms with van der Waals surface area (Å²) in [5.41, 5.74) is 0.112. The Balaban J connectivity index is 0.000000213. The van der Waals surface area contributed by atoms with Crippen molar-refractivity contribution in [3.63, 3.8) is 0 Å². The maximum absolute atomic E-state index is 16.0. The SMILES string of the molecule is CC(CCC(=O)OCOP(=O)(O)O)C1CCC2C3C(F)CC4CC(O)CCC4(C)C3CCC12C.CC(CCC(=O)OCOP(=O)(O)O)C1CCC2C3C(F)CC4CC(OP(=O)(O)O)CCC4(C)C3CCC12C. The van der Waals surface area contributed by atoms with E-state index in [0.717, 1.165) is 77.0 Å². The number of hydrogen-bond donors (Lipinski definition) is 7. The second-order valence-corrected chi connectivity index (χ2v) is 28.6. The minimum absolute atomic E-state index is 0.0255. The van der Waals surface area contributed by atoms with E-state index in [9.17, 15) is 38.2 Å². The number of phosphoric acid groups is 3. The molecular weight excluding hydrogens is 1000 g/mol. The van der Waals surface area contributed by atoms with E-state index in [0.29, 0.717) is 62.2 Å². The molecule has 416 valence electrons. The lowest BCUT2D eigenvalue weighted by Crippen LogP contribution is -2.58. The summed E-state index contributed by atoms with van der Waals surface area (Å²) in [6.07, 6.45) is 12.5. The van der Waals surface area contributed by atoms with Crippen LogP contribution in [0.3, 0.4) is 0 Å². The molecule has 0 aliphatic heterocycles. The molecule has 8 rings (SSSR count). The molecule has 0 radical (unpaired) electrons. The molecule has 22 heteroatoms. The first-order valence-corrected chi connectivity index (χ1v) is 31.4. The third-order valence-corrected chi connectivity index (χ3v) is 23.0. The molecular formula is C50H85F2O17P3. The third kappa shape index (κ3) is 12.8. The Hall–Kier alpha value is -0.910. The van der Waals surface area contributed by atoms with Crippen molar-refractivity contribution < 1.29 is 89.6 Å². The lowest BCUT2D eigenvalue weighted by atomic mass is 9.44. The molecule has 17 nitrogen and oxygen atoms in total. The number of aliphatic hydroxyl groups is 1. The maximum Gasteiger partial charge on any atom is 0.472 e. The Morgan fingerprint density at radius 3 is 1.35 bits per heavy atom. The molecule has 0 heterocycles. The van der Waals surface area contributed by atoms with Gasteiger partial charge in [0.15, 0.2) is 0 Å². The first-order valence-electron chi connectivity index (χ1n) is 26.8. The lowest BCUT2D eigenvalue weighted by molar-refractivity contribution is -0.158. The number of hydrogen-bond acceptors (Lipinski definition) is 11. The summed E-state index contributed by atoms with van der Waals surface area (Å²) in [6, 6.07) is 0. The van der Waals surface area contributed by atoms with Crippen LogP contribution >= 0.6 is 23.5 Å². The molecule has 8 fully saturated rings. The third-order valence-electron chi connectivity index (χ3n) is 21.5. The number of phosphoric ester groups is 3. The van der Waals surface area contributed by atoms with Gasteiger partial charge >= 0.3 is 35.4 Å². The van der Waals surface area contributed by atoms with Gasteiger partial charge in [0, 0.05) is 12.8 Å². The van der Waals surface area contributed by atoms with E-state index in [-0.39, 0.29) is 87.9 Å². The summed E-state index contributed by atoms with van der Waals surface area (Å²) < 4.78 is 87.5. The Kier molecular flexibility index (Phi) is 18.3. The molecule has 0 aromatic carbocycles. The van der Waals surface area contributed by atoms with Gasteiger partial charge in [-0.1, -0.05) is 41.5 Å². The van der Waals surface area contributed by atoms with E-state index in [1.165, 1.54) is 0 Å². The summed E-state index contributed by atoms with van der Waals surface area (Å²) in [4.78, 5) is 77.4. The molecule has 20 unspecified atom stereocenters. The number of carbonyl (C=O) groups excluding carboxylic acids is 2. The van der Waals surface area contributed by atoms with Gasteiger partial charge in [0.2, 0.25) is 13.6 Å². The van der Waals surface area contributed by atoms with Gasteiger partial charge in [0.05, 0.1) is 12.2 Å². The number of aliphatic hydroxyl groups excluding tert-OH is 1. The zero-order chi connectivity index (χ0) is 53.0. The minimum Gasteiger partial charge on any atom is -0.438 e. The van der Waals surface area contributed by atoms with Crippen molar-refractivity contribution in [1.82, 2.24) is 0 Å². The van der Waals surface area contributed by atoms with Gasteiger partial charge in [-0.3, -0.25) is 14.1 Å². The van der Waals surface area contributed by atoms with E-state index >= 15 is 8.78 Å². The van der Waals surface area contributed by atoms with Crippen molar-refractivity contribution >= 4 is 35.4 Å². The van der Waals surface area contributed by atoms with Crippen LogP contribution in [0.15, 0.2) is 0 Å². The summed E-state index contributed by atoms with van der Waals surface area (Å²) in [7, 11) is -13.9. The number of esters is 2. The second-order valence-electron chi connectivity index (χ2n) is 24.9. The normalized spacial score (nSPS) is 43.5. The zero-order valence-corrected chi connectivity index (χ0v) is 45.8. The number of fused-ring (bicyclic) bond motifs is 10. The van der Waals surface area contributed by atoms with Gasteiger partial charge in [0.1, 0.15) is 12.3 Å². The Labute approximate surface area is 424 Å². The molecule has 0 saturated heterocycles. The van der Waals surface area contributed by atoms with Crippen molar-refractivity contribution in [3.8, 4) is 0 Å². The van der Waals surface area contributed by atoms with Crippen molar-refractivity contribution in [1.29, 1.82) is 0 Å². The van der Waals surface area contributed by atoms with Crippen LogP contribution in [0.5, 0.6) is 0 Å². The van der Waals surface area contributed by atoms with Crippen LogP contribution in [0.2, 0.25) is 0 Å². The predicted molar refractivity (Wildman–Crippen MR) is 259 cm³/mol. The number of alkyl halides is 2. The quantitative estimate of drug-likeness (QED) is 0.0430. The maximum atomic E-state index is 16.0. The summed E-state index contributed by atoms with van der Waals surface area (Å²) in [6.45, 7) is 12.0. The minimum atomic E-state index is -4.69. The van der Waals surface area contributed by atoms with Crippen LogP contribution in [0.4, 0.5) is 8.78 Å². The molecule has 20 atom stereocenters. The predicted octanol–water partition coefficient (Wildman–Crippen LogP) is 10.1. The average molecular weight is 1090 g/mol. The van der Waals surface area contributed by atoms with E-state index in [1.807, 2.05) is 0 Å². The summed E-state index contributed by atoms with van der Waals surface area (Å²) in [5.74, 6) is 1.81. The van der Waals surface area contributed by atoms with Crippen LogP contribution < -0.4 is 0 Å². The number of rotatable bonds is 16. The number of carbonyl (C=O) groups is 2. The smallest absolute Gasteiger partial charge is 0.438 e.